The van der Waals surface area contributed by atoms with E-state index in [1.807, 2.05) is 22.9 Å². The molecule has 0 bridgehead atoms. The molecule has 2 rings (SSSR count). The van der Waals surface area contributed by atoms with Crippen LogP contribution in [-0.4, -0.2) is 20.8 Å². The summed E-state index contributed by atoms with van der Waals surface area (Å²) in [4.78, 5) is 3.95. The summed E-state index contributed by atoms with van der Waals surface area (Å²) in [5, 5.41) is 9.88. The van der Waals surface area contributed by atoms with Crippen molar-refractivity contribution in [2.45, 2.75) is 25.5 Å². The number of benzene rings is 1. The minimum absolute atomic E-state index is 0.326. The van der Waals surface area contributed by atoms with Gasteiger partial charge >= 0.3 is 0 Å². The summed E-state index contributed by atoms with van der Waals surface area (Å²) in [5.41, 5.74) is 1.25. The molecule has 0 spiro atoms. The molecular formula is C13H15BrN2O. The van der Waals surface area contributed by atoms with E-state index in [2.05, 4.69) is 33.0 Å². The highest BCUT2D eigenvalue weighted by Crippen LogP contribution is 2.12. The lowest BCUT2D eigenvalue weighted by Crippen LogP contribution is -2.15. The van der Waals surface area contributed by atoms with E-state index in [1.165, 1.54) is 5.56 Å². The molecule has 90 valence electrons. The van der Waals surface area contributed by atoms with Crippen LogP contribution in [0.3, 0.4) is 0 Å². The van der Waals surface area contributed by atoms with Crippen LogP contribution < -0.4 is 0 Å². The molecule has 2 aromatic rings. The fourth-order valence-electron chi connectivity index (χ4n) is 1.71. The number of halogens is 1. The highest BCUT2D eigenvalue weighted by Gasteiger charge is 2.05. The number of imidazole rings is 1. The molecule has 0 aliphatic carbocycles. The Morgan fingerprint density at radius 2 is 2.06 bits per heavy atom. The standard InChI is InChI=1S/C13H15BrN2O/c14-12-4-1-11(2-5-12)3-6-13(17)9-16-8-7-15-10-16/h1-2,4-5,7-8,10,13,17H,3,6,9H2. The average Bonchev–Trinajstić information content (AvgIpc) is 2.81. The number of nitrogens with zero attached hydrogens (tertiary/aromatic N) is 2. The summed E-state index contributed by atoms with van der Waals surface area (Å²) in [7, 11) is 0. The van der Waals surface area contributed by atoms with E-state index in [1.54, 1.807) is 12.5 Å². The highest BCUT2D eigenvalue weighted by atomic mass is 79.9. The Hall–Kier alpha value is -1.13. The first-order chi connectivity index (χ1) is 8.24. The molecule has 0 radical (unpaired) electrons. The molecule has 0 amide bonds. The molecule has 3 nitrogen and oxygen atoms in total. The summed E-state index contributed by atoms with van der Waals surface area (Å²) in [6, 6.07) is 8.21. The van der Waals surface area contributed by atoms with Gasteiger partial charge in [0.1, 0.15) is 0 Å². The van der Waals surface area contributed by atoms with Gasteiger partial charge in [-0.25, -0.2) is 4.98 Å². The Morgan fingerprint density at radius 1 is 1.29 bits per heavy atom. The number of hydrogen-bond acceptors (Lipinski definition) is 2. The van der Waals surface area contributed by atoms with Gasteiger partial charge in [-0.15, -0.1) is 0 Å². The third-order valence-corrected chi connectivity index (χ3v) is 3.19. The third-order valence-electron chi connectivity index (χ3n) is 2.66. The third kappa shape index (κ3) is 3.98. The van der Waals surface area contributed by atoms with Crippen LogP contribution >= 0.6 is 15.9 Å². The Labute approximate surface area is 109 Å². The van der Waals surface area contributed by atoms with Gasteiger partial charge in [0.25, 0.3) is 0 Å². The summed E-state index contributed by atoms with van der Waals surface area (Å²) >= 11 is 3.41. The van der Waals surface area contributed by atoms with Crippen molar-refractivity contribution in [1.29, 1.82) is 0 Å². The molecule has 1 unspecified atom stereocenters. The van der Waals surface area contributed by atoms with Gasteiger partial charge in [0.2, 0.25) is 0 Å². The maximum absolute atomic E-state index is 9.88. The zero-order valence-corrected chi connectivity index (χ0v) is 11.0. The molecule has 4 heteroatoms. The maximum atomic E-state index is 9.88. The normalized spacial score (nSPS) is 12.6. The van der Waals surface area contributed by atoms with Crippen molar-refractivity contribution in [2.24, 2.45) is 0 Å². The van der Waals surface area contributed by atoms with Crippen LogP contribution in [0.1, 0.15) is 12.0 Å². The molecule has 1 aromatic carbocycles. The molecule has 0 fully saturated rings. The Kier molecular flexibility index (Phi) is 4.34. The monoisotopic (exact) mass is 294 g/mol. The van der Waals surface area contributed by atoms with Crippen LogP contribution in [0.5, 0.6) is 0 Å². The van der Waals surface area contributed by atoms with E-state index >= 15 is 0 Å². The van der Waals surface area contributed by atoms with Crippen molar-refractivity contribution in [3.63, 3.8) is 0 Å². The van der Waals surface area contributed by atoms with Gasteiger partial charge in [0.05, 0.1) is 12.4 Å². The number of hydrogen-bond donors (Lipinski definition) is 1. The summed E-state index contributed by atoms with van der Waals surface area (Å²) in [6.07, 6.45) is 6.64. The fourth-order valence-corrected chi connectivity index (χ4v) is 1.98. The predicted molar refractivity (Wildman–Crippen MR) is 70.7 cm³/mol. The van der Waals surface area contributed by atoms with Crippen LogP contribution in [0, 0.1) is 0 Å². The van der Waals surface area contributed by atoms with Crippen molar-refractivity contribution in [3.8, 4) is 0 Å². The quantitative estimate of drug-likeness (QED) is 0.921. The lowest BCUT2D eigenvalue weighted by molar-refractivity contribution is 0.144. The number of aliphatic hydroxyl groups excluding tert-OH is 1. The Morgan fingerprint density at radius 3 is 2.71 bits per heavy atom. The van der Waals surface area contributed by atoms with Gasteiger partial charge in [-0.1, -0.05) is 28.1 Å². The first-order valence-corrected chi connectivity index (χ1v) is 6.41. The average molecular weight is 295 g/mol. The highest BCUT2D eigenvalue weighted by molar-refractivity contribution is 9.10. The van der Waals surface area contributed by atoms with Gasteiger partial charge in [-0.2, -0.15) is 0 Å². The SMILES string of the molecule is OC(CCc1ccc(Br)cc1)Cn1ccnc1. The van der Waals surface area contributed by atoms with E-state index in [9.17, 15) is 5.11 Å². The van der Waals surface area contributed by atoms with Crippen molar-refractivity contribution in [1.82, 2.24) is 9.55 Å². The molecule has 1 atom stereocenters. The molecule has 0 aliphatic rings. The van der Waals surface area contributed by atoms with Gasteiger partial charge in [-0.3, -0.25) is 0 Å². The van der Waals surface area contributed by atoms with Crippen LogP contribution in [0.25, 0.3) is 0 Å². The molecule has 17 heavy (non-hydrogen) atoms. The lowest BCUT2D eigenvalue weighted by Gasteiger charge is -2.11. The molecule has 0 saturated heterocycles. The van der Waals surface area contributed by atoms with Gasteiger partial charge < -0.3 is 9.67 Å². The second-order valence-corrected chi connectivity index (χ2v) is 4.99. The van der Waals surface area contributed by atoms with Gasteiger partial charge in [0, 0.05) is 23.4 Å². The molecule has 0 saturated carbocycles. The molecule has 0 aliphatic heterocycles. The number of aromatic nitrogens is 2. The number of aliphatic hydroxyl groups is 1. The zero-order valence-electron chi connectivity index (χ0n) is 9.46. The van der Waals surface area contributed by atoms with Crippen molar-refractivity contribution in [2.75, 3.05) is 0 Å². The lowest BCUT2D eigenvalue weighted by atomic mass is 10.1. The van der Waals surface area contributed by atoms with E-state index < -0.39 is 0 Å². The van der Waals surface area contributed by atoms with Crippen molar-refractivity contribution < 1.29 is 5.11 Å². The van der Waals surface area contributed by atoms with E-state index in [-0.39, 0.29) is 6.10 Å². The molecule has 1 aromatic heterocycles. The van der Waals surface area contributed by atoms with Crippen LogP contribution in [0.2, 0.25) is 0 Å². The van der Waals surface area contributed by atoms with Crippen molar-refractivity contribution >= 4 is 15.9 Å². The number of aryl methyl sites for hydroxylation is 1. The largest absolute Gasteiger partial charge is 0.391 e. The fraction of sp³-hybridized carbons (Fsp3) is 0.308. The van der Waals surface area contributed by atoms with Gasteiger partial charge in [0.15, 0.2) is 0 Å². The van der Waals surface area contributed by atoms with Gasteiger partial charge in [-0.05, 0) is 30.5 Å². The zero-order chi connectivity index (χ0) is 12.1. The first kappa shape index (κ1) is 12.3. The minimum Gasteiger partial charge on any atom is -0.391 e. The van der Waals surface area contributed by atoms with Crippen molar-refractivity contribution in [3.05, 3.63) is 53.0 Å². The predicted octanol–water partition coefficient (Wildman–Crippen LogP) is 2.64. The van der Waals surface area contributed by atoms with E-state index in [4.69, 9.17) is 0 Å². The van der Waals surface area contributed by atoms with E-state index in [0.717, 1.165) is 17.3 Å². The van der Waals surface area contributed by atoms with Crippen LogP contribution in [-0.2, 0) is 13.0 Å². The Bertz CT molecular complexity index is 439. The van der Waals surface area contributed by atoms with Crippen LogP contribution in [0.15, 0.2) is 47.5 Å². The van der Waals surface area contributed by atoms with E-state index in [0.29, 0.717) is 6.54 Å². The topological polar surface area (TPSA) is 38.0 Å². The summed E-state index contributed by atoms with van der Waals surface area (Å²) < 4.78 is 2.98. The second kappa shape index (κ2) is 5.98. The minimum atomic E-state index is -0.326. The second-order valence-electron chi connectivity index (χ2n) is 4.08. The number of rotatable bonds is 5. The molecule has 1 heterocycles. The summed E-state index contributed by atoms with van der Waals surface area (Å²) in [6.45, 7) is 0.608. The first-order valence-electron chi connectivity index (χ1n) is 5.62. The maximum Gasteiger partial charge on any atom is 0.0946 e. The smallest absolute Gasteiger partial charge is 0.0946 e. The Balaban J connectivity index is 1.79. The van der Waals surface area contributed by atoms with Crippen LogP contribution in [0.4, 0.5) is 0 Å². The summed E-state index contributed by atoms with van der Waals surface area (Å²) in [5.74, 6) is 0. The molecule has 1 N–H and O–H groups in total. The molecular weight excluding hydrogens is 280 g/mol.